The van der Waals surface area contributed by atoms with Gasteiger partial charge in [0.05, 0.1) is 6.10 Å². The van der Waals surface area contributed by atoms with Gasteiger partial charge in [-0.2, -0.15) is 0 Å². The fourth-order valence-corrected chi connectivity index (χ4v) is 1.66. The van der Waals surface area contributed by atoms with Crippen LogP contribution in [0.3, 0.4) is 0 Å². The Kier molecular flexibility index (Phi) is 9.67. The fraction of sp³-hybridized carbons (Fsp3) is 0.786. The molecule has 0 bridgehead atoms. The lowest BCUT2D eigenvalue weighted by Gasteiger charge is -2.21. The second-order valence-electron chi connectivity index (χ2n) is 4.13. The third-order valence-electron chi connectivity index (χ3n) is 2.62. The molecule has 88 valence electrons. The first-order valence-corrected chi connectivity index (χ1v) is 6.23. The van der Waals surface area contributed by atoms with Crippen molar-refractivity contribution in [3.8, 4) is 0 Å². The molecule has 0 saturated heterocycles. The molecule has 2 atom stereocenters. The zero-order valence-corrected chi connectivity index (χ0v) is 10.6. The van der Waals surface area contributed by atoms with E-state index in [4.69, 9.17) is 4.74 Å². The minimum atomic E-state index is 0.348. The van der Waals surface area contributed by atoms with Gasteiger partial charge in [-0.3, -0.25) is 0 Å². The molecule has 0 aliphatic rings. The van der Waals surface area contributed by atoms with Gasteiger partial charge in [0.25, 0.3) is 0 Å². The number of ether oxygens (including phenoxy) is 1. The summed E-state index contributed by atoms with van der Waals surface area (Å²) in [6, 6.07) is 0. The molecule has 0 N–H and O–H groups in total. The van der Waals surface area contributed by atoms with E-state index in [0.717, 1.165) is 13.0 Å². The molecule has 0 radical (unpaired) electrons. The summed E-state index contributed by atoms with van der Waals surface area (Å²) in [7, 11) is 0. The molecule has 0 aromatic rings. The summed E-state index contributed by atoms with van der Waals surface area (Å²) in [6.45, 7) is 11.1. The zero-order valence-electron chi connectivity index (χ0n) is 10.6. The van der Waals surface area contributed by atoms with E-state index < -0.39 is 0 Å². The maximum atomic E-state index is 5.90. The van der Waals surface area contributed by atoms with Crippen molar-refractivity contribution in [2.24, 2.45) is 5.92 Å². The summed E-state index contributed by atoms with van der Waals surface area (Å²) < 4.78 is 5.90. The molecule has 0 heterocycles. The average molecular weight is 210 g/mol. The van der Waals surface area contributed by atoms with Gasteiger partial charge in [0.1, 0.15) is 0 Å². The molecule has 0 saturated carbocycles. The second-order valence-corrected chi connectivity index (χ2v) is 4.13. The molecule has 2 unspecified atom stereocenters. The van der Waals surface area contributed by atoms with Crippen LogP contribution in [0, 0.1) is 5.92 Å². The van der Waals surface area contributed by atoms with Crippen molar-refractivity contribution in [2.45, 2.75) is 59.0 Å². The Labute approximate surface area is 95.2 Å². The van der Waals surface area contributed by atoms with Crippen LogP contribution >= 0.6 is 0 Å². The first-order chi connectivity index (χ1) is 7.26. The lowest BCUT2D eigenvalue weighted by molar-refractivity contribution is 0.0218. The standard InChI is InChI=1S/C14H26O/c1-5-8-9-12-15-14(11-7-3)13(4)10-6-2/h10,13-14H,2,5,7-9,11-12H2,1,3-4H3. The topological polar surface area (TPSA) is 9.23 Å². The Morgan fingerprint density at radius 2 is 2.00 bits per heavy atom. The van der Waals surface area contributed by atoms with E-state index in [1.165, 1.54) is 25.7 Å². The Hall–Kier alpha value is -0.520. The molecular formula is C14H26O. The predicted molar refractivity (Wildman–Crippen MR) is 67.0 cm³/mol. The largest absolute Gasteiger partial charge is 0.378 e. The van der Waals surface area contributed by atoms with Crippen LogP contribution in [0.4, 0.5) is 0 Å². The van der Waals surface area contributed by atoms with Gasteiger partial charge in [0.2, 0.25) is 0 Å². The number of rotatable bonds is 9. The van der Waals surface area contributed by atoms with Gasteiger partial charge in [-0.1, -0.05) is 46.6 Å². The Morgan fingerprint density at radius 1 is 1.27 bits per heavy atom. The number of unbranched alkanes of at least 4 members (excludes halogenated alkanes) is 2. The Bertz CT molecular complexity index is 180. The van der Waals surface area contributed by atoms with Gasteiger partial charge in [-0.25, -0.2) is 0 Å². The molecule has 1 heteroatoms. The van der Waals surface area contributed by atoms with E-state index in [-0.39, 0.29) is 0 Å². The third-order valence-corrected chi connectivity index (χ3v) is 2.62. The Balaban J connectivity index is 3.86. The summed E-state index contributed by atoms with van der Waals surface area (Å²) in [5.41, 5.74) is 2.85. The lowest BCUT2D eigenvalue weighted by Crippen LogP contribution is -2.20. The van der Waals surface area contributed by atoms with E-state index in [9.17, 15) is 0 Å². The maximum Gasteiger partial charge on any atom is 0.0641 e. The van der Waals surface area contributed by atoms with Crippen molar-refractivity contribution >= 4 is 0 Å². The van der Waals surface area contributed by atoms with Crippen molar-refractivity contribution in [3.05, 3.63) is 18.4 Å². The monoisotopic (exact) mass is 210 g/mol. The summed E-state index contributed by atoms with van der Waals surface area (Å²) in [6.07, 6.45) is 8.37. The van der Waals surface area contributed by atoms with Crippen molar-refractivity contribution in [1.29, 1.82) is 0 Å². The molecule has 1 nitrogen and oxygen atoms in total. The van der Waals surface area contributed by atoms with Crippen molar-refractivity contribution < 1.29 is 4.74 Å². The van der Waals surface area contributed by atoms with Gasteiger partial charge >= 0.3 is 0 Å². The van der Waals surface area contributed by atoms with Gasteiger partial charge in [-0.05, 0) is 18.9 Å². The molecule has 0 aromatic carbocycles. The van der Waals surface area contributed by atoms with E-state index in [1.54, 1.807) is 0 Å². The van der Waals surface area contributed by atoms with Crippen LogP contribution in [-0.2, 0) is 4.74 Å². The molecule has 0 aliphatic heterocycles. The van der Waals surface area contributed by atoms with Gasteiger partial charge < -0.3 is 4.74 Å². The number of hydrogen-bond acceptors (Lipinski definition) is 1. The highest BCUT2D eigenvalue weighted by Crippen LogP contribution is 2.15. The molecular weight excluding hydrogens is 184 g/mol. The Morgan fingerprint density at radius 3 is 2.53 bits per heavy atom. The van der Waals surface area contributed by atoms with E-state index in [2.05, 4.69) is 33.1 Å². The van der Waals surface area contributed by atoms with Crippen LogP contribution in [0.1, 0.15) is 52.9 Å². The van der Waals surface area contributed by atoms with Crippen molar-refractivity contribution in [2.75, 3.05) is 6.61 Å². The highest BCUT2D eigenvalue weighted by Gasteiger charge is 2.13. The van der Waals surface area contributed by atoms with Crippen LogP contribution in [0.25, 0.3) is 0 Å². The summed E-state index contributed by atoms with van der Waals surface area (Å²) >= 11 is 0. The molecule has 0 fully saturated rings. The van der Waals surface area contributed by atoms with Crippen LogP contribution in [0.15, 0.2) is 18.4 Å². The molecule has 15 heavy (non-hydrogen) atoms. The molecule has 0 rings (SSSR count). The number of hydrogen-bond donors (Lipinski definition) is 0. The quantitative estimate of drug-likeness (QED) is 0.406. The highest BCUT2D eigenvalue weighted by molar-refractivity contribution is 4.86. The highest BCUT2D eigenvalue weighted by atomic mass is 16.5. The van der Waals surface area contributed by atoms with Gasteiger partial charge in [-0.15, -0.1) is 5.73 Å². The van der Waals surface area contributed by atoms with Crippen molar-refractivity contribution in [1.82, 2.24) is 0 Å². The van der Waals surface area contributed by atoms with Gasteiger partial charge in [0, 0.05) is 12.5 Å². The SMILES string of the molecule is C=C=CC(C)C(CCC)OCCCCC. The van der Waals surface area contributed by atoms with Crippen molar-refractivity contribution in [3.63, 3.8) is 0 Å². The smallest absolute Gasteiger partial charge is 0.0641 e. The summed E-state index contributed by atoms with van der Waals surface area (Å²) in [5.74, 6) is 0.434. The van der Waals surface area contributed by atoms with Crippen LogP contribution in [-0.4, -0.2) is 12.7 Å². The summed E-state index contributed by atoms with van der Waals surface area (Å²) in [5, 5.41) is 0. The molecule has 0 aromatic heterocycles. The average Bonchev–Trinajstić information content (AvgIpc) is 2.23. The first-order valence-electron chi connectivity index (χ1n) is 6.23. The molecule has 0 spiro atoms. The lowest BCUT2D eigenvalue weighted by atomic mass is 10.0. The van der Waals surface area contributed by atoms with Crippen LogP contribution in [0.5, 0.6) is 0 Å². The second kappa shape index (κ2) is 10.0. The van der Waals surface area contributed by atoms with E-state index in [0.29, 0.717) is 12.0 Å². The minimum absolute atomic E-state index is 0.348. The third kappa shape index (κ3) is 7.41. The zero-order chi connectivity index (χ0) is 11.5. The molecule has 0 aliphatic carbocycles. The normalized spacial score (nSPS) is 14.3. The van der Waals surface area contributed by atoms with E-state index >= 15 is 0 Å². The first kappa shape index (κ1) is 14.5. The summed E-state index contributed by atoms with van der Waals surface area (Å²) in [4.78, 5) is 0. The van der Waals surface area contributed by atoms with Crippen LogP contribution < -0.4 is 0 Å². The minimum Gasteiger partial charge on any atom is -0.378 e. The fourth-order valence-electron chi connectivity index (χ4n) is 1.66. The maximum absolute atomic E-state index is 5.90. The predicted octanol–water partition coefficient (Wildman–Crippen LogP) is 4.34. The molecule has 0 amide bonds. The van der Waals surface area contributed by atoms with Crippen LogP contribution in [0.2, 0.25) is 0 Å². The van der Waals surface area contributed by atoms with E-state index in [1.807, 2.05) is 6.08 Å². The van der Waals surface area contributed by atoms with Gasteiger partial charge in [0.15, 0.2) is 0 Å².